The third-order valence-electron chi connectivity index (χ3n) is 3.21. The van der Waals surface area contributed by atoms with Gasteiger partial charge in [0.1, 0.15) is 22.8 Å². The minimum atomic E-state index is -1.33. The molecule has 102 valence electrons. The number of carbonyl (C=O) groups is 1. The first kappa shape index (κ1) is 12.8. The summed E-state index contributed by atoms with van der Waals surface area (Å²) in [5.74, 6) is -0.750. The van der Waals surface area contributed by atoms with Crippen LogP contribution in [0.4, 0.5) is 0 Å². The van der Waals surface area contributed by atoms with Gasteiger partial charge in [-0.3, -0.25) is 4.79 Å². The number of ketones is 1. The lowest BCUT2D eigenvalue weighted by atomic mass is 9.95. The molecule has 0 bridgehead atoms. The summed E-state index contributed by atoms with van der Waals surface area (Å²) in [6.07, 6.45) is -0.0933. The van der Waals surface area contributed by atoms with Gasteiger partial charge in [0.05, 0.1) is 6.42 Å². The van der Waals surface area contributed by atoms with Gasteiger partial charge >= 0.3 is 0 Å². The highest BCUT2D eigenvalue weighted by atomic mass is 35.5. The lowest BCUT2D eigenvalue weighted by Crippen LogP contribution is -2.34. The SMILES string of the molecule is O=C1C[C@](Cl)(c2ccccc2)Oc2cc(O)cc(O)c21. The lowest BCUT2D eigenvalue weighted by molar-refractivity contribution is 0.0761. The van der Waals surface area contributed by atoms with Crippen LogP contribution in [0.15, 0.2) is 42.5 Å². The molecule has 2 aromatic rings. The van der Waals surface area contributed by atoms with E-state index in [4.69, 9.17) is 16.3 Å². The molecular formula is C15H11ClO4. The molecule has 0 spiro atoms. The smallest absolute Gasteiger partial charge is 0.215 e. The van der Waals surface area contributed by atoms with Gasteiger partial charge in [0, 0.05) is 17.7 Å². The summed E-state index contributed by atoms with van der Waals surface area (Å²) in [6.45, 7) is 0. The van der Waals surface area contributed by atoms with Crippen LogP contribution in [0.2, 0.25) is 0 Å². The van der Waals surface area contributed by atoms with Crippen LogP contribution in [-0.2, 0) is 5.06 Å². The third-order valence-corrected chi connectivity index (χ3v) is 3.64. The topological polar surface area (TPSA) is 66.8 Å². The van der Waals surface area contributed by atoms with Crippen LogP contribution in [0.3, 0.4) is 0 Å². The van der Waals surface area contributed by atoms with Gasteiger partial charge in [-0.2, -0.15) is 0 Å². The minimum Gasteiger partial charge on any atom is -0.508 e. The van der Waals surface area contributed by atoms with Crippen LogP contribution in [0, 0.1) is 0 Å². The van der Waals surface area contributed by atoms with Crippen molar-refractivity contribution in [1.29, 1.82) is 0 Å². The molecule has 5 heteroatoms. The molecule has 20 heavy (non-hydrogen) atoms. The van der Waals surface area contributed by atoms with Crippen molar-refractivity contribution in [3.63, 3.8) is 0 Å². The fraction of sp³-hybridized carbons (Fsp3) is 0.133. The van der Waals surface area contributed by atoms with Crippen molar-refractivity contribution in [3.8, 4) is 17.2 Å². The number of halogens is 1. The van der Waals surface area contributed by atoms with Crippen molar-refractivity contribution in [1.82, 2.24) is 0 Å². The normalized spacial score (nSPS) is 21.1. The second-order valence-corrected chi connectivity index (χ2v) is 5.25. The number of Topliss-reactive ketones (excluding diaryl/α,β-unsaturated/α-hetero) is 1. The standard InChI is InChI=1S/C15H11ClO4/c16-15(9-4-2-1-3-5-9)8-12(19)14-11(18)6-10(17)7-13(14)20-15/h1-7,17-18H,8H2/t15-/m1/s1. The summed E-state index contributed by atoms with van der Waals surface area (Å²) in [7, 11) is 0. The van der Waals surface area contributed by atoms with Gasteiger partial charge in [-0.1, -0.05) is 41.9 Å². The molecule has 0 amide bonds. The van der Waals surface area contributed by atoms with Crippen molar-refractivity contribution >= 4 is 17.4 Å². The molecule has 3 rings (SSSR count). The van der Waals surface area contributed by atoms with Gasteiger partial charge in [0.25, 0.3) is 0 Å². The number of hydrogen-bond acceptors (Lipinski definition) is 4. The number of phenolic OH excluding ortho intramolecular Hbond substituents is 2. The Morgan fingerprint density at radius 1 is 1.15 bits per heavy atom. The van der Waals surface area contributed by atoms with Crippen LogP contribution in [0.25, 0.3) is 0 Å². The van der Waals surface area contributed by atoms with E-state index >= 15 is 0 Å². The fourth-order valence-corrected chi connectivity index (χ4v) is 2.63. The van der Waals surface area contributed by atoms with E-state index in [-0.39, 0.29) is 35.0 Å². The van der Waals surface area contributed by atoms with E-state index in [1.165, 1.54) is 6.07 Å². The van der Waals surface area contributed by atoms with E-state index in [1.54, 1.807) is 24.3 Å². The Balaban J connectivity index is 2.11. The fourth-order valence-electron chi connectivity index (χ4n) is 2.30. The zero-order valence-corrected chi connectivity index (χ0v) is 11.1. The van der Waals surface area contributed by atoms with Gasteiger partial charge in [0.15, 0.2) is 5.78 Å². The van der Waals surface area contributed by atoms with Gasteiger partial charge < -0.3 is 14.9 Å². The van der Waals surface area contributed by atoms with Crippen molar-refractivity contribution in [2.24, 2.45) is 0 Å². The predicted molar refractivity (Wildman–Crippen MR) is 73.3 cm³/mol. The molecule has 2 N–H and O–H groups in total. The number of alkyl halides is 1. The number of fused-ring (bicyclic) bond motifs is 1. The molecule has 0 radical (unpaired) electrons. The maximum absolute atomic E-state index is 12.2. The first-order valence-electron chi connectivity index (χ1n) is 6.02. The molecule has 1 atom stereocenters. The molecule has 0 aromatic heterocycles. The molecule has 0 aliphatic carbocycles. The van der Waals surface area contributed by atoms with Gasteiger partial charge in [-0.15, -0.1) is 0 Å². The zero-order valence-electron chi connectivity index (χ0n) is 10.3. The number of aromatic hydroxyl groups is 2. The van der Waals surface area contributed by atoms with Crippen LogP contribution in [0.5, 0.6) is 17.2 Å². The van der Waals surface area contributed by atoms with Crippen molar-refractivity contribution in [2.45, 2.75) is 11.5 Å². The summed E-state index contributed by atoms with van der Waals surface area (Å²) in [5.41, 5.74) is 0.693. The van der Waals surface area contributed by atoms with E-state index in [0.717, 1.165) is 6.07 Å². The number of hydrogen-bond donors (Lipinski definition) is 2. The third kappa shape index (κ3) is 1.98. The molecule has 0 saturated carbocycles. The number of benzene rings is 2. The molecule has 1 aliphatic heterocycles. The average molecular weight is 291 g/mol. The summed E-state index contributed by atoms with van der Waals surface area (Å²) in [4.78, 5) is 12.2. The molecule has 1 aliphatic rings. The molecule has 0 unspecified atom stereocenters. The number of phenols is 2. The lowest BCUT2D eigenvalue weighted by Gasteiger charge is -2.33. The second-order valence-electron chi connectivity index (χ2n) is 4.63. The Bertz CT molecular complexity index is 684. The number of rotatable bonds is 1. The van der Waals surface area contributed by atoms with Crippen LogP contribution in [-0.4, -0.2) is 16.0 Å². The Morgan fingerprint density at radius 2 is 1.85 bits per heavy atom. The summed E-state index contributed by atoms with van der Waals surface area (Å²) >= 11 is 6.42. The summed E-state index contributed by atoms with van der Waals surface area (Å²) in [5, 5.41) is 17.9. The van der Waals surface area contributed by atoms with Crippen LogP contribution < -0.4 is 4.74 Å². The first-order valence-corrected chi connectivity index (χ1v) is 6.40. The predicted octanol–water partition coefficient (Wildman–Crippen LogP) is 3.15. The maximum Gasteiger partial charge on any atom is 0.215 e. The first-order chi connectivity index (χ1) is 9.49. The van der Waals surface area contributed by atoms with E-state index in [2.05, 4.69) is 0 Å². The quantitative estimate of drug-likeness (QED) is 0.792. The number of carbonyl (C=O) groups excluding carboxylic acids is 1. The van der Waals surface area contributed by atoms with Crippen molar-refractivity contribution in [3.05, 3.63) is 53.6 Å². The van der Waals surface area contributed by atoms with Crippen LogP contribution in [0.1, 0.15) is 22.3 Å². The molecule has 4 nitrogen and oxygen atoms in total. The second kappa shape index (κ2) is 4.42. The monoisotopic (exact) mass is 290 g/mol. The molecule has 2 aromatic carbocycles. The van der Waals surface area contributed by atoms with Gasteiger partial charge in [-0.05, 0) is 0 Å². The van der Waals surface area contributed by atoms with Crippen molar-refractivity contribution in [2.75, 3.05) is 0 Å². The van der Waals surface area contributed by atoms with Crippen LogP contribution >= 0.6 is 11.6 Å². The zero-order chi connectivity index (χ0) is 14.3. The largest absolute Gasteiger partial charge is 0.508 e. The Morgan fingerprint density at radius 3 is 2.55 bits per heavy atom. The van der Waals surface area contributed by atoms with E-state index in [9.17, 15) is 15.0 Å². The van der Waals surface area contributed by atoms with Crippen molar-refractivity contribution < 1.29 is 19.7 Å². The molecule has 0 saturated heterocycles. The Labute approximate surface area is 120 Å². The average Bonchev–Trinajstić information content (AvgIpc) is 2.38. The minimum absolute atomic E-state index is 0.0509. The van der Waals surface area contributed by atoms with E-state index in [1.807, 2.05) is 6.07 Å². The van der Waals surface area contributed by atoms with Gasteiger partial charge in [-0.25, -0.2) is 0 Å². The number of ether oxygens (including phenoxy) is 1. The summed E-state index contributed by atoms with van der Waals surface area (Å²) in [6, 6.07) is 11.3. The molecule has 1 heterocycles. The maximum atomic E-state index is 12.2. The highest BCUT2D eigenvalue weighted by molar-refractivity contribution is 6.26. The molecule has 0 fully saturated rings. The Kier molecular flexibility index (Phi) is 2.83. The highest BCUT2D eigenvalue weighted by Crippen LogP contribution is 2.46. The highest BCUT2D eigenvalue weighted by Gasteiger charge is 2.41. The van der Waals surface area contributed by atoms with Gasteiger partial charge in [0.2, 0.25) is 5.06 Å². The van der Waals surface area contributed by atoms with E-state index < -0.39 is 5.06 Å². The summed E-state index contributed by atoms with van der Waals surface area (Å²) < 4.78 is 5.66. The molecular weight excluding hydrogens is 280 g/mol. The Hall–Kier alpha value is -2.20. The van der Waals surface area contributed by atoms with E-state index in [0.29, 0.717) is 5.56 Å².